The summed E-state index contributed by atoms with van der Waals surface area (Å²) in [5, 5.41) is 15.8. The van der Waals surface area contributed by atoms with Crippen LogP contribution in [0.3, 0.4) is 0 Å². The Morgan fingerprint density at radius 3 is 2.33 bits per heavy atom. The van der Waals surface area contributed by atoms with Crippen LogP contribution >= 0.6 is 0 Å². The number of hydrogen-bond acceptors (Lipinski definition) is 3. The molecule has 0 aliphatic rings. The summed E-state index contributed by atoms with van der Waals surface area (Å²) < 4.78 is 1.63. The van der Waals surface area contributed by atoms with Crippen LogP contribution in [0.2, 0.25) is 0 Å². The van der Waals surface area contributed by atoms with Crippen LogP contribution in [0, 0.1) is 19.3 Å². The van der Waals surface area contributed by atoms with Gasteiger partial charge in [0.05, 0.1) is 16.7 Å². The summed E-state index contributed by atoms with van der Waals surface area (Å²) in [6, 6.07) is 0. The SMILES string of the molecule is Cc1nn(C)c(C)c1C(=O)NCC(C)(C)C(=O)O. The molecular weight excluding hydrogens is 234 g/mol. The first kappa shape index (κ1) is 14.2. The van der Waals surface area contributed by atoms with Crippen LogP contribution in [0.15, 0.2) is 0 Å². The molecule has 1 aromatic heterocycles. The van der Waals surface area contributed by atoms with E-state index in [1.54, 1.807) is 39.4 Å². The highest BCUT2D eigenvalue weighted by molar-refractivity contribution is 5.96. The molecule has 0 aromatic carbocycles. The van der Waals surface area contributed by atoms with Crippen molar-refractivity contribution in [3.63, 3.8) is 0 Å². The van der Waals surface area contributed by atoms with E-state index in [1.165, 1.54) is 0 Å². The topological polar surface area (TPSA) is 84.2 Å². The summed E-state index contributed by atoms with van der Waals surface area (Å²) in [5.74, 6) is -1.23. The van der Waals surface area contributed by atoms with Crippen LogP contribution in [0.5, 0.6) is 0 Å². The lowest BCUT2D eigenvalue weighted by Crippen LogP contribution is -2.39. The molecule has 1 rings (SSSR count). The highest BCUT2D eigenvalue weighted by atomic mass is 16.4. The summed E-state index contributed by atoms with van der Waals surface area (Å²) in [6.45, 7) is 6.77. The summed E-state index contributed by atoms with van der Waals surface area (Å²) in [7, 11) is 1.76. The van der Waals surface area contributed by atoms with E-state index in [1.807, 2.05) is 0 Å². The molecule has 0 saturated carbocycles. The van der Waals surface area contributed by atoms with Crippen molar-refractivity contribution in [2.45, 2.75) is 27.7 Å². The van der Waals surface area contributed by atoms with Crippen molar-refractivity contribution in [3.8, 4) is 0 Å². The van der Waals surface area contributed by atoms with Gasteiger partial charge in [-0.2, -0.15) is 5.10 Å². The van der Waals surface area contributed by atoms with Crippen LogP contribution in [-0.4, -0.2) is 33.3 Å². The molecule has 1 heterocycles. The summed E-state index contributed by atoms with van der Waals surface area (Å²) in [6.07, 6.45) is 0. The molecular formula is C12H19N3O3. The molecule has 18 heavy (non-hydrogen) atoms. The van der Waals surface area contributed by atoms with Crippen molar-refractivity contribution in [3.05, 3.63) is 17.0 Å². The Hall–Kier alpha value is -1.85. The van der Waals surface area contributed by atoms with Crippen molar-refractivity contribution in [2.75, 3.05) is 6.54 Å². The van der Waals surface area contributed by atoms with Crippen LogP contribution in [0.1, 0.15) is 35.6 Å². The number of carboxylic acids is 1. The van der Waals surface area contributed by atoms with Gasteiger partial charge < -0.3 is 10.4 Å². The minimum atomic E-state index is -0.986. The minimum absolute atomic E-state index is 0.0783. The van der Waals surface area contributed by atoms with Crippen LogP contribution in [-0.2, 0) is 11.8 Å². The van der Waals surface area contributed by atoms with Crippen molar-refractivity contribution in [1.29, 1.82) is 0 Å². The molecule has 1 amide bonds. The molecule has 0 saturated heterocycles. The maximum Gasteiger partial charge on any atom is 0.310 e. The standard InChI is InChI=1S/C12H19N3O3/c1-7-9(8(2)15(5)14-7)10(16)13-6-12(3,4)11(17)18/h6H2,1-5H3,(H,13,16)(H,17,18). The number of rotatable bonds is 4. The Bertz CT molecular complexity index is 489. The summed E-state index contributed by atoms with van der Waals surface area (Å²) in [4.78, 5) is 23.0. The van der Waals surface area contributed by atoms with Gasteiger partial charge in [-0.3, -0.25) is 14.3 Å². The average molecular weight is 253 g/mol. The third kappa shape index (κ3) is 2.69. The molecule has 100 valence electrons. The number of nitrogens with zero attached hydrogens (tertiary/aromatic N) is 2. The fraction of sp³-hybridized carbons (Fsp3) is 0.583. The van der Waals surface area contributed by atoms with E-state index in [-0.39, 0.29) is 12.5 Å². The van der Waals surface area contributed by atoms with Crippen molar-refractivity contribution >= 4 is 11.9 Å². The van der Waals surface area contributed by atoms with Crippen molar-refractivity contribution in [1.82, 2.24) is 15.1 Å². The molecule has 0 unspecified atom stereocenters. The number of nitrogens with one attached hydrogen (secondary N) is 1. The minimum Gasteiger partial charge on any atom is -0.481 e. The molecule has 0 spiro atoms. The molecule has 0 fully saturated rings. The number of carbonyl (C=O) groups excluding carboxylic acids is 1. The normalized spacial score (nSPS) is 11.4. The lowest BCUT2D eigenvalue weighted by Gasteiger charge is -2.19. The van der Waals surface area contributed by atoms with Gasteiger partial charge in [-0.05, 0) is 27.7 Å². The molecule has 1 aromatic rings. The Balaban J connectivity index is 2.81. The van der Waals surface area contributed by atoms with Gasteiger partial charge >= 0.3 is 5.97 Å². The van der Waals surface area contributed by atoms with Gasteiger partial charge in [0.15, 0.2) is 0 Å². The van der Waals surface area contributed by atoms with Gasteiger partial charge in [0.25, 0.3) is 5.91 Å². The zero-order valence-corrected chi connectivity index (χ0v) is 11.4. The van der Waals surface area contributed by atoms with E-state index >= 15 is 0 Å². The van der Waals surface area contributed by atoms with Crippen molar-refractivity contribution in [2.24, 2.45) is 12.5 Å². The average Bonchev–Trinajstić information content (AvgIpc) is 2.50. The fourth-order valence-electron chi connectivity index (χ4n) is 1.57. The van der Waals surface area contributed by atoms with E-state index < -0.39 is 11.4 Å². The Labute approximate surface area is 106 Å². The Kier molecular flexibility index (Phi) is 3.79. The predicted octanol–water partition coefficient (Wildman–Crippen LogP) is 0.878. The first-order valence-corrected chi connectivity index (χ1v) is 5.68. The summed E-state index contributed by atoms with van der Waals surface area (Å²) >= 11 is 0. The van der Waals surface area contributed by atoms with Gasteiger partial charge in [-0.15, -0.1) is 0 Å². The van der Waals surface area contributed by atoms with Gasteiger partial charge in [0.1, 0.15) is 0 Å². The van der Waals surface area contributed by atoms with Gasteiger partial charge in [-0.1, -0.05) is 0 Å². The monoisotopic (exact) mass is 253 g/mol. The van der Waals surface area contributed by atoms with E-state index in [2.05, 4.69) is 10.4 Å². The number of hydrogen-bond donors (Lipinski definition) is 2. The second-order valence-electron chi connectivity index (χ2n) is 5.04. The largest absolute Gasteiger partial charge is 0.481 e. The summed E-state index contributed by atoms with van der Waals surface area (Å²) in [5.41, 5.74) is 0.928. The maximum atomic E-state index is 12.0. The molecule has 0 atom stereocenters. The third-order valence-corrected chi connectivity index (χ3v) is 3.01. The quantitative estimate of drug-likeness (QED) is 0.834. The molecule has 0 aliphatic heterocycles. The highest BCUT2D eigenvalue weighted by Crippen LogP contribution is 2.15. The number of aliphatic carboxylic acids is 1. The van der Waals surface area contributed by atoms with Crippen molar-refractivity contribution < 1.29 is 14.7 Å². The highest BCUT2D eigenvalue weighted by Gasteiger charge is 2.28. The predicted molar refractivity (Wildman–Crippen MR) is 66.4 cm³/mol. The van der Waals surface area contributed by atoms with E-state index in [4.69, 9.17) is 5.11 Å². The Morgan fingerprint density at radius 1 is 1.39 bits per heavy atom. The lowest BCUT2D eigenvalue weighted by atomic mass is 9.94. The smallest absolute Gasteiger partial charge is 0.310 e. The van der Waals surface area contributed by atoms with Crippen LogP contribution in [0.4, 0.5) is 0 Å². The molecule has 6 heteroatoms. The number of amides is 1. The first-order chi connectivity index (χ1) is 8.16. The number of aromatic nitrogens is 2. The molecule has 2 N–H and O–H groups in total. The Morgan fingerprint density at radius 2 is 1.94 bits per heavy atom. The van der Waals surface area contributed by atoms with Crippen LogP contribution < -0.4 is 5.32 Å². The van der Waals surface area contributed by atoms with Gasteiger partial charge in [0, 0.05) is 19.3 Å². The first-order valence-electron chi connectivity index (χ1n) is 5.68. The molecule has 0 aliphatic carbocycles. The van der Waals surface area contributed by atoms with Gasteiger partial charge in [0.2, 0.25) is 0 Å². The van der Waals surface area contributed by atoms with Gasteiger partial charge in [-0.25, -0.2) is 0 Å². The number of carboxylic acid groups (broad SMARTS) is 1. The zero-order valence-electron chi connectivity index (χ0n) is 11.4. The fourth-order valence-corrected chi connectivity index (χ4v) is 1.57. The second-order valence-corrected chi connectivity index (χ2v) is 5.04. The van der Waals surface area contributed by atoms with E-state index in [9.17, 15) is 9.59 Å². The zero-order chi connectivity index (χ0) is 14.1. The molecule has 0 bridgehead atoms. The lowest BCUT2D eigenvalue weighted by molar-refractivity contribution is -0.146. The van der Waals surface area contributed by atoms with Crippen LogP contribution in [0.25, 0.3) is 0 Å². The maximum absolute atomic E-state index is 12.0. The third-order valence-electron chi connectivity index (χ3n) is 3.01. The number of carbonyl (C=O) groups is 2. The van der Waals surface area contributed by atoms with E-state index in [0.717, 1.165) is 5.69 Å². The second kappa shape index (κ2) is 4.80. The molecule has 0 radical (unpaired) electrons. The number of aryl methyl sites for hydroxylation is 2. The van der Waals surface area contributed by atoms with E-state index in [0.29, 0.717) is 11.3 Å². The molecule has 6 nitrogen and oxygen atoms in total.